The van der Waals surface area contributed by atoms with Gasteiger partial charge in [-0.1, -0.05) is 6.42 Å². The zero-order valence-electron chi connectivity index (χ0n) is 10.6. The summed E-state index contributed by atoms with van der Waals surface area (Å²) in [6.07, 6.45) is 5.45. The lowest BCUT2D eigenvalue weighted by Crippen LogP contribution is -2.24. The first kappa shape index (κ1) is 11.3. The Hall–Kier alpha value is -1.49. The number of fused-ring (bicyclic) bond motifs is 4. The lowest BCUT2D eigenvalue weighted by Gasteiger charge is -2.08. The maximum Gasteiger partial charge on any atom is 0.262 e. The predicted molar refractivity (Wildman–Crippen MR) is 74.1 cm³/mol. The van der Waals surface area contributed by atoms with Crippen molar-refractivity contribution < 1.29 is 4.79 Å². The van der Waals surface area contributed by atoms with Crippen molar-refractivity contribution in [1.29, 1.82) is 0 Å². The zero-order valence-corrected chi connectivity index (χ0v) is 11.4. The molecule has 5 heteroatoms. The normalized spacial score (nSPS) is 18.4. The second-order valence-electron chi connectivity index (χ2n) is 5.31. The van der Waals surface area contributed by atoms with Gasteiger partial charge in [0.25, 0.3) is 5.56 Å². The van der Waals surface area contributed by atoms with E-state index in [1.165, 1.54) is 11.3 Å². The van der Waals surface area contributed by atoms with Gasteiger partial charge in [-0.05, 0) is 24.8 Å². The molecule has 0 saturated carbocycles. The van der Waals surface area contributed by atoms with Gasteiger partial charge < -0.3 is 0 Å². The number of thiophene rings is 1. The Morgan fingerprint density at radius 2 is 1.95 bits per heavy atom. The van der Waals surface area contributed by atoms with E-state index in [1.54, 1.807) is 0 Å². The summed E-state index contributed by atoms with van der Waals surface area (Å²) >= 11 is 1.41. The standard InChI is InChI=1S/C14H14N2O2S/c17-9-6-5-8-11-13(19-12(8)9)15-10-4-2-1-3-7-16(10)14(11)18/h1-7H2. The SMILES string of the molecule is O=C1CCc2c1sc1nc3n(c(=O)c21)CCCCC3. The van der Waals surface area contributed by atoms with Gasteiger partial charge in [0.15, 0.2) is 5.78 Å². The summed E-state index contributed by atoms with van der Waals surface area (Å²) in [7, 11) is 0. The lowest BCUT2D eigenvalue weighted by molar-refractivity contribution is 0.0998. The molecule has 4 nitrogen and oxygen atoms in total. The van der Waals surface area contributed by atoms with Gasteiger partial charge in [0.05, 0.1) is 10.3 Å². The van der Waals surface area contributed by atoms with Crippen LogP contribution in [0.15, 0.2) is 4.79 Å². The van der Waals surface area contributed by atoms with Gasteiger partial charge in [-0.3, -0.25) is 14.2 Å². The third kappa shape index (κ3) is 1.54. The molecule has 0 aromatic carbocycles. The number of nitrogens with zero attached hydrogens (tertiary/aromatic N) is 2. The molecule has 0 spiro atoms. The number of ketones is 1. The first-order valence-corrected chi connectivity index (χ1v) is 7.65. The van der Waals surface area contributed by atoms with Gasteiger partial charge in [0, 0.05) is 19.4 Å². The fourth-order valence-electron chi connectivity index (χ4n) is 3.15. The van der Waals surface area contributed by atoms with Crippen molar-refractivity contribution in [1.82, 2.24) is 9.55 Å². The predicted octanol–water partition coefficient (Wildman–Crippen LogP) is 2.31. The second kappa shape index (κ2) is 4.00. The fraction of sp³-hybridized carbons (Fsp3) is 0.500. The molecule has 98 valence electrons. The molecule has 1 aliphatic carbocycles. The van der Waals surface area contributed by atoms with Crippen LogP contribution in [0.25, 0.3) is 10.2 Å². The van der Waals surface area contributed by atoms with E-state index in [0.717, 1.165) is 58.7 Å². The summed E-state index contributed by atoms with van der Waals surface area (Å²) in [5, 5.41) is 0.719. The van der Waals surface area contributed by atoms with Gasteiger partial charge in [-0.25, -0.2) is 4.98 Å². The highest BCUT2D eigenvalue weighted by Crippen LogP contribution is 2.35. The molecule has 0 bridgehead atoms. The molecule has 0 radical (unpaired) electrons. The Labute approximate surface area is 114 Å². The summed E-state index contributed by atoms with van der Waals surface area (Å²) in [5.41, 5.74) is 1.04. The first-order valence-electron chi connectivity index (χ1n) is 6.84. The maximum atomic E-state index is 12.7. The molecule has 0 atom stereocenters. The molecule has 0 amide bonds. The zero-order chi connectivity index (χ0) is 13.0. The molecule has 19 heavy (non-hydrogen) atoms. The van der Waals surface area contributed by atoms with E-state index in [-0.39, 0.29) is 11.3 Å². The van der Waals surface area contributed by atoms with Crippen molar-refractivity contribution in [2.75, 3.05) is 0 Å². The van der Waals surface area contributed by atoms with Crippen LogP contribution in [-0.2, 0) is 19.4 Å². The highest BCUT2D eigenvalue weighted by Gasteiger charge is 2.28. The number of hydrogen-bond donors (Lipinski definition) is 0. The van der Waals surface area contributed by atoms with E-state index < -0.39 is 0 Å². The molecule has 1 aliphatic heterocycles. The van der Waals surface area contributed by atoms with E-state index in [2.05, 4.69) is 4.98 Å². The summed E-state index contributed by atoms with van der Waals surface area (Å²) in [6, 6.07) is 0. The van der Waals surface area contributed by atoms with Crippen molar-refractivity contribution in [3.63, 3.8) is 0 Å². The van der Waals surface area contributed by atoms with E-state index >= 15 is 0 Å². The number of aromatic nitrogens is 2. The number of hydrogen-bond acceptors (Lipinski definition) is 4. The van der Waals surface area contributed by atoms with E-state index in [0.29, 0.717) is 12.8 Å². The van der Waals surface area contributed by atoms with Crippen LogP contribution in [0.5, 0.6) is 0 Å². The minimum absolute atomic E-state index is 0.0779. The Balaban J connectivity index is 2.06. The Morgan fingerprint density at radius 3 is 2.84 bits per heavy atom. The molecule has 4 rings (SSSR count). The molecular weight excluding hydrogens is 260 g/mol. The molecule has 2 aromatic rings. The van der Waals surface area contributed by atoms with Gasteiger partial charge in [0.1, 0.15) is 10.7 Å². The molecular formula is C14H14N2O2S. The van der Waals surface area contributed by atoms with Crippen LogP contribution in [-0.4, -0.2) is 15.3 Å². The monoisotopic (exact) mass is 274 g/mol. The number of Topliss-reactive ketones (excluding diaryl/α,β-unsaturated/α-hetero) is 1. The Kier molecular flexibility index (Phi) is 2.39. The van der Waals surface area contributed by atoms with Crippen LogP contribution in [0.4, 0.5) is 0 Å². The molecule has 0 fully saturated rings. The van der Waals surface area contributed by atoms with Crippen LogP contribution in [0, 0.1) is 0 Å². The second-order valence-corrected chi connectivity index (χ2v) is 6.31. The van der Waals surface area contributed by atoms with Gasteiger partial charge >= 0.3 is 0 Å². The Morgan fingerprint density at radius 1 is 1.05 bits per heavy atom. The summed E-state index contributed by atoms with van der Waals surface area (Å²) in [5.74, 6) is 1.08. The van der Waals surface area contributed by atoms with Gasteiger partial charge in [-0.2, -0.15) is 0 Å². The number of carbonyl (C=O) groups excluding carboxylic acids is 1. The minimum Gasteiger partial charge on any atom is -0.296 e. The third-order valence-electron chi connectivity index (χ3n) is 4.13. The molecule has 0 saturated heterocycles. The molecule has 2 aliphatic rings. The highest BCUT2D eigenvalue weighted by atomic mass is 32.1. The molecule has 2 aromatic heterocycles. The van der Waals surface area contributed by atoms with Crippen molar-refractivity contribution in [3.05, 3.63) is 26.6 Å². The van der Waals surface area contributed by atoms with Crippen molar-refractivity contribution in [2.24, 2.45) is 0 Å². The van der Waals surface area contributed by atoms with Crippen LogP contribution >= 0.6 is 11.3 Å². The largest absolute Gasteiger partial charge is 0.296 e. The van der Waals surface area contributed by atoms with Crippen molar-refractivity contribution in [3.8, 4) is 0 Å². The van der Waals surface area contributed by atoms with Crippen LogP contribution in [0.1, 0.15) is 46.7 Å². The topological polar surface area (TPSA) is 52.0 Å². The molecule has 0 unspecified atom stereocenters. The number of carbonyl (C=O) groups is 1. The summed E-state index contributed by atoms with van der Waals surface area (Å²) in [4.78, 5) is 30.7. The average Bonchev–Trinajstić information content (AvgIpc) is 2.81. The van der Waals surface area contributed by atoms with E-state index in [1.807, 2.05) is 4.57 Å². The molecule has 0 N–H and O–H groups in total. The average molecular weight is 274 g/mol. The van der Waals surface area contributed by atoms with Gasteiger partial charge in [-0.15, -0.1) is 11.3 Å². The summed E-state index contributed by atoms with van der Waals surface area (Å²) < 4.78 is 1.84. The lowest BCUT2D eigenvalue weighted by atomic mass is 10.2. The minimum atomic E-state index is 0.0779. The molecule has 3 heterocycles. The van der Waals surface area contributed by atoms with Crippen molar-refractivity contribution >= 4 is 27.3 Å². The van der Waals surface area contributed by atoms with Crippen molar-refractivity contribution in [2.45, 2.75) is 45.1 Å². The summed E-state index contributed by atoms with van der Waals surface area (Å²) in [6.45, 7) is 0.773. The highest BCUT2D eigenvalue weighted by molar-refractivity contribution is 7.20. The third-order valence-corrected chi connectivity index (χ3v) is 5.29. The van der Waals surface area contributed by atoms with Crippen LogP contribution in [0.3, 0.4) is 0 Å². The fourth-order valence-corrected chi connectivity index (χ4v) is 4.35. The van der Waals surface area contributed by atoms with Crippen LogP contribution in [0.2, 0.25) is 0 Å². The Bertz CT molecular complexity index is 757. The first-order chi connectivity index (χ1) is 9.25. The quantitative estimate of drug-likeness (QED) is 0.740. The van der Waals surface area contributed by atoms with E-state index in [9.17, 15) is 9.59 Å². The number of aryl methyl sites for hydroxylation is 2. The van der Waals surface area contributed by atoms with E-state index in [4.69, 9.17) is 0 Å². The smallest absolute Gasteiger partial charge is 0.262 e. The van der Waals surface area contributed by atoms with Crippen LogP contribution < -0.4 is 5.56 Å². The maximum absolute atomic E-state index is 12.7. The van der Waals surface area contributed by atoms with Gasteiger partial charge in [0.2, 0.25) is 0 Å². The number of rotatable bonds is 0.